The standard InChI is InChI=1S/C11H12ClN5O4S/c1-16(2)8-4-7-6(5-9(8)17(18)19)13-10(12)11(14-7)15-22(3,20)21/h4-5H,1-3H3,(H,14,15). The van der Waals surface area contributed by atoms with Gasteiger partial charge in [-0.15, -0.1) is 0 Å². The zero-order chi connectivity index (χ0) is 16.7. The van der Waals surface area contributed by atoms with Gasteiger partial charge < -0.3 is 4.90 Å². The largest absolute Gasteiger partial charge is 0.372 e. The number of sulfonamides is 1. The number of rotatable bonds is 4. The zero-order valence-corrected chi connectivity index (χ0v) is 13.4. The van der Waals surface area contributed by atoms with Crippen LogP contribution in [-0.2, 0) is 10.0 Å². The number of fused-ring (bicyclic) bond motifs is 1. The Morgan fingerprint density at radius 1 is 1.27 bits per heavy atom. The Morgan fingerprint density at radius 2 is 1.86 bits per heavy atom. The smallest absolute Gasteiger partial charge is 0.294 e. The molecule has 1 aromatic carbocycles. The highest BCUT2D eigenvalue weighted by Gasteiger charge is 2.20. The summed E-state index contributed by atoms with van der Waals surface area (Å²) in [4.78, 5) is 20.2. The molecule has 2 aromatic rings. The van der Waals surface area contributed by atoms with E-state index in [0.29, 0.717) is 5.69 Å². The van der Waals surface area contributed by atoms with Gasteiger partial charge in [-0.25, -0.2) is 18.4 Å². The molecule has 0 saturated heterocycles. The summed E-state index contributed by atoms with van der Waals surface area (Å²) in [5.74, 6) is -0.129. The van der Waals surface area contributed by atoms with E-state index in [1.807, 2.05) is 0 Å². The van der Waals surface area contributed by atoms with Crippen molar-refractivity contribution in [2.45, 2.75) is 0 Å². The number of nitrogens with zero attached hydrogens (tertiary/aromatic N) is 4. The van der Waals surface area contributed by atoms with Gasteiger partial charge >= 0.3 is 0 Å². The lowest BCUT2D eigenvalue weighted by Gasteiger charge is -2.14. The Hall–Kier alpha value is -2.20. The van der Waals surface area contributed by atoms with Gasteiger partial charge in [-0.2, -0.15) is 0 Å². The van der Waals surface area contributed by atoms with Gasteiger partial charge in [-0.05, 0) is 6.07 Å². The van der Waals surface area contributed by atoms with Gasteiger partial charge in [-0.1, -0.05) is 11.6 Å². The van der Waals surface area contributed by atoms with Crippen LogP contribution in [0.1, 0.15) is 0 Å². The first-order chi connectivity index (χ1) is 10.1. The summed E-state index contributed by atoms with van der Waals surface area (Å²) in [6, 6.07) is 2.69. The number of hydrogen-bond acceptors (Lipinski definition) is 7. The van der Waals surface area contributed by atoms with Crippen molar-refractivity contribution in [3.63, 3.8) is 0 Å². The molecule has 1 N–H and O–H groups in total. The van der Waals surface area contributed by atoms with Crippen LogP contribution < -0.4 is 9.62 Å². The first-order valence-electron chi connectivity index (χ1n) is 5.89. The third kappa shape index (κ3) is 3.34. The van der Waals surface area contributed by atoms with Crippen molar-refractivity contribution in [2.24, 2.45) is 0 Å². The van der Waals surface area contributed by atoms with Crippen molar-refractivity contribution in [2.75, 3.05) is 30.0 Å². The van der Waals surface area contributed by atoms with E-state index < -0.39 is 14.9 Å². The lowest BCUT2D eigenvalue weighted by atomic mass is 10.2. The summed E-state index contributed by atoms with van der Waals surface area (Å²) in [7, 11) is -0.280. The van der Waals surface area contributed by atoms with Crippen LogP contribution in [0.5, 0.6) is 0 Å². The molecule has 0 unspecified atom stereocenters. The first kappa shape index (κ1) is 16.2. The number of nitro groups is 1. The maximum atomic E-state index is 11.3. The molecule has 0 aliphatic rings. The zero-order valence-electron chi connectivity index (χ0n) is 11.9. The molecule has 0 atom stereocenters. The molecule has 0 spiro atoms. The minimum atomic E-state index is -3.57. The Bertz CT molecular complexity index is 868. The van der Waals surface area contributed by atoms with Gasteiger partial charge in [0.05, 0.1) is 22.2 Å². The van der Waals surface area contributed by atoms with Gasteiger partial charge in [0.25, 0.3) is 5.69 Å². The van der Waals surface area contributed by atoms with Crippen LogP contribution in [0.3, 0.4) is 0 Å². The van der Waals surface area contributed by atoms with Crippen molar-refractivity contribution in [1.82, 2.24) is 9.97 Å². The van der Waals surface area contributed by atoms with Crippen LogP contribution in [0.4, 0.5) is 17.2 Å². The second kappa shape index (κ2) is 5.54. The van der Waals surface area contributed by atoms with Gasteiger partial charge in [-0.3, -0.25) is 14.8 Å². The fourth-order valence-corrected chi connectivity index (χ4v) is 2.53. The molecule has 0 aliphatic carbocycles. The van der Waals surface area contributed by atoms with Crippen LogP contribution in [-0.4, -0.2) is 43.7 Å². The predicted molar refractivity (Wildman–Crippen MR) is 84.0 cm³/mol. The fourth-order valence-electron chi connectivity index (χ4n) is 1.80. The van der Waals surface area contributed by atoms with Gasteiger partial charge in [0.15, 0.2) is 11.0 Å². The molecule has 11 heteroatoms. The third-order valence-corrected chi connectivity index (χ3v) is 3.51. The van der Waals surface area contributed by atoms with Crippen LogP contribution in [0.25, 0.3) is 11.0 Å². The molecule has 1 aromatic heterocycles. The number of halogens is 1. The van der Waals surface area contributed by atoms with E-state index in [0.717, 1.165) is 6.26 Å². The average molecular weight is 346 g/mol. The van der Waals surface area contributed by atoms with E-state index in [1.54, 1.807) is 19.0 Å². The van der Waals surface area contributed by atoms with Crippen molar-refractivity contribution in [3.05, 3.63) is 27.4 Å². The number of hydrogen-bond donors (Lipinski definition) is 1. The highest BCUT2D eigenvalue weighted by atomic mass is 35.5. The monoisotopic (exact) mass is 345 g/mol. The average Bonchev–Trinajstić information content (AvgIpc) is 2.36. The van der Waals surface area contributed by atoms with Gasteiger partial charge in [0.2, 0.25) is 10.0 Å². The Kier molecular flexibility index (Phi) is 4.07. The molecular weight excluding hydrogens is 334 g/mol. The van der Waals surface area contributed by atoms with Crippen LogP contribution in [0, 0.1) is 10.1 Å². The summed E-state index contributed by atoms with van der Waals surface area (Å²) in [5, 5.41) is 10.9. The summed E-state index contributed by atoms with van der Waals surface area (Å²) < 4.78 is 24.7. The Morgan fingerprint density at radius 3 is 2.36 bits per heavy atom. The first-order valence-corrected chi connectivity index (χ1v) is 8.16. The Balaban J connectivity index is 2.71. The SMILES string of the molecule is CN(C)c1cc2nc(NS(C)(=O)=O)c(Cl)nc2cc1[N+](=O)[O-]. The number of aromatic nitrogens is 2. The lowest BCUT2D eigenvalue weighted by Crippen LogP contribution is -2.13. The molecule has 0 bridgehead atoms. The topological polar surface area (TPSA) is 118 Å². The number of anilines is 2. The highest BCUT2D eigenvalue weighted by molar-refractivity contribution is 7.92. The minimum Gasteiger partial charge on any atom is -0.372 e. The molecule has 118 valence electrons. The second-order valence-corrected chi connectivity index (χ2v) is 6.82. The summed E-state index contributed by atoms with van der Waals surface area (Å²) >= 11 is 5.86. The number of nitrogens with one attached hydrogen (secondary N) is 1. The molecule has 2 rings (SSSR count). The maximum absolute atomic E-state index is 11.3. The Labute approximate surface area is 131 Å². The molecule has 0 fully saturated rings. The molecule has 22 heavy (non-hydrogen) atoms. The second-order valence-electron chi connectivity index (χ2n) is 4.72. The quantitative estimate of drug-likeness (QED) is 0.660. The summed E-state index contributed by atoms with van der Waals surface area (Å²) in [6.07, 6.45) is 0.955. The van der Waals surface area contributed by atoms with Crippen LogP contribution >= 0.6 is 11.6 Å². The summed E-state index contributed by atoms with van der Waals surface area (Å²) in [6.45, 7) is 0. The summed E-state index contributed by atoms with van der Waals surface area (Å²) in [5.41, 5.74) is 0.650. The van der Waals surface area contributed by atoms with Crippen molar-refractivity contribution in [3.8, 4) is 0 Å². The van der Waals surface area contributed by atoms with Crippen LogP contribution in [0.2, 0.25) is 5.15 Å². The third-order valence-electron chi connectivity index (χ3n) is 2.68. The molecule has 1 heterocycles. The van der Waals surface area contributed by atoms with E-state index in [4.69, 9.17) is 11.6 Å². The van der Waals surface area contributed by atoms with Gasteiger partial charge in [0, 0.05) is 20.2 Å². The van der Waals surface area contributed by atoms with E-state index in [2.05, 4.69) is 14.7 Å². The van der Waals surface area contributed by atoms with E-state index >= 15 is 0 Å². The maximum Gasteiger partial charge on any atom is 0.294 e. The minimum absolute atomic E-state index is 0.129. The van der Waals surface area contributed by atoms with Crippen molar-refractivity contribution in [1.29, 1.82) is 0 Å². The normalized spacial score (nSPS) is 11.5. The fraction of sp³-hybridized carbons (Fsp3) is 0.273. The van der Waals surface area contributed by atoms with Gasteiger partial charge in [0.1, 0.15) is 5.69 Å². The lowest BCUT2D eigenvalue weighted by molar-refractivity contribution is -0.384. The number of nitro benzene ring substituents is 1. The van der Waals surface area contributed by atoms with E-state index in [1.165, 1.54) is 12.1 Å². The van der Waals surface area contributed by atoms with Crippen LogP contribution in [0.15, 0.2) is 12.1 Å². The highest BCUT2D eigenvalue weighted by Crippen LogP contribution is 2.32. The predicted octanol–water partition coefficient (Wildman–Crippen LogP) is 1.63. The molecular formula is C11H12ClN5O4S. The van der Waals surface area contributed by atoms with Crippen molar-refractivity contribution >= 4 is 49.9 Å². The van der Waals surface area contributed by atoms with E-state index in [-0.39, 0.29) is 27.7 Å². The number of benzene rings is 1. The molecule has 0 aliphatic heterocycles. The van der Waals surface area contributed by atoms with Crippen molar-refractivity contribution < 1.29 is 13.3 Å². The molecule has 0 saturated carbocycles. The molecule has 9 nitrogen and oxygen atoms in total. The van der Waals surface area contributed by atoms with E-state index in [9.17, 15) is 18.5 Å². The molecule has 0 radical (unpaired) electrons. The molecule has 0 amide bonds.